The van der Waals surface area contributed by atoms with Crippen LogP contribution >= 0.6 is 0 Å². The fraction of sp³-hybridized carbons (Fsp3) is 0.575. The van der Waals surface area contributed by atoms with Gasteiger partial charge < -0.3 is 35.6 Å². The summed E-state index contributed by atoms with van der Waals surface area (Å²) in [6, 6.07) is 15.4. The van der Waals surface area contributed by atoms with Crippen LogP contribution in [0.3, 0.4) is 0 Å². The van der Waals surface area contributed by atoms with Gasteiger partial charge in [-0.25, -0.2) is 0 Å². The second-order valence-corrected chi connectivity index (χ2v) is 15.2. The van der Waals surface area contributed by atoms with Crippen molar-refractivity contribution in [3.63, 3.8) is 0 Å². The normalized spacial score (nSPS) is 19.6. The van der Waals surface area contributed by atoms with Gasteiger partial charge in [0.05, 0.1) is 25.9 Å². The monoisotopic (exact) mass is 720 g/mol. The summed E-state index contributed by atoms with van der Waals surface area (Å²) in [5, 5.41) is 11.7. The third-order valence-corrected chi connectivity index (χ3v) is 9.52. The number of ketones is 1. The van der Waals surface area contributed by atoms with E-state index in [0.29, 0.717) is 58.6 Å². The summed E-state index contributed by atoms with van der Waals surface area (Å²) >= 11 is 0. The van der Waals surface area contributed by atoms with Crippen LogP contribution in [-0.2, 0) is 46.3 Å². The number of hydrogen-bond acceptors (Lipinski definition) is 7. The number of aryl methyl sites for hydroxylation is 1. The highest BCUT2D eigenvalue weighted by atomic mass is 16.6. The maximum atomic E-state index is 14.1. The van der Waals surface area contributed by atoms with Gasteiger partial charge in [-0.1, -0.05) is 88.4 Å². The summed E-state index contributed by atoms with van der Waals surface area (Å²) < 4.78 is 10.8. The fourth-order valence-electron chi connectivity index (χ4n) is 6.43. The number of quaternary nitrogens is 1. The average Bonchev–Trinajstić information content (AvgIpc) is 3.87. The zero-order chi connectivity index (χ0) is 37.7. The molecule has 4 rings (SSSR count). The molecule has 2 aliphatic heterocycles. The molecule has 0 radical (unpaired) electrons. The van der Waals surface area contributed by atoms with Gasteiger partial charge >= 0.3 is 0 Å². The van der Waals surface area contributed by atoms with Gasteiger partial charge in [0, 0.05) is 6.42 Å². The minimum Gasteiger partial charge on any atom is -0.370 e. The number of epoxide rings is 1. The molecule has 2 heterocycles. The van der Waals surface area contributed by atoms with Crippen molar-refractivity contribution in [1.82, 2.24) is 21.3 Å². The summed E-state index contributed by atoms with van der Waals surface area (Å²) in [6.07, 6.45) is 1.79. The molecule has 0 aromatic heterocycles. The maximum absolute atomic E-state index is 14.1. The van der Waals surface area contributed by atoms with Gasteiger partial charge in [-0.3, -0.25) is 24.0 Å². The van der Waals surface area contributed by atoms with E-state index in [-0.39, 0.29) is 36.5 Å². The highest BCUT2D eigenvalue weighted by Gasteiger charge is 2.50. The third kappa shape index (κ3) is 13.1. The number of ether oxygens (including phenoxy) is 2. The molecule has 2 aliphatic rings. The molecule has 2 aromatic rings. The first-order valence-corrected chi connectivity index (χ1v) is 18.7. The van der Waals surface area contributed by atoms with E-state index in [1.807, 2.05) is 88.4 Å². The third-order valence-electron chi connectivity index (χ3n) is 9.52. The van der Waals surface area contributed by atoms with Crippen LogP contribution in [-0.4, -0.2) is 98.6 Å². The maximum Gasteiger partial charge on any atom is 0.275 e. The predicted molar refractivity (Wildman–Crippen MR) is 197 cm³/mol. The molecule has 2 aromatic carbocycles. The first kappa shape index (κ1) is 40.6. The van der Waals surface area contributed by atoms with E-state index in [9.17, 15) is 24.0 Å². The Morgan fingerprint density at radius 2 is 1.19 bits per heavy atom. The molecular formula is C40H58N5O7+. The van der Waals surface area contributed by atoms with Crippen LogP contribution in [0.2, 0.25) is 0 Å². The summed E-state index contributed by atoms with van der Waals surface area (Å²) in [6.45, 7) is 12.7. The van der Waals surface area contributed by atoms with Gasteiger partial charge in [-0.2, -0.15) is 0 Å². The van der Waals surface area contributed by atoms with E-state index in [2.05, 4.69) is 21.3 Å². The zero-order valence-corrected chi connectivity index (χ0v) is 31.4. The Morgan fingerprint density at radius 3 is 1.77 bits per heavy atom. The molecule has 5 N–H and O–H groups in total. The van der Waals surface area contributed by atoms with Crippen LogP contribution < -0.4 is 26.2 Å². The van der Waals surface area contributed by atoms with Crippen molar-refractivity contribution < 1.29 is 38.3 Å². The van der Waals surface area contributed by atoms with Gasteiger partial charge in [0.25, 0.3) is 5.91 Å². The molecule has 1 unspecified atom stereocenters. The highest BCUT2D eigenvalue weighted by Crippen LogP contribution is 2.29. The van der Waals surface area contributed by atoms with Crippen LogP contribution in [0, 0.1) is 11.8 Å². The van der Waals surface area contributed by atoms with Crippen molar-refractivity contribution in [3.05, 3.63) is 71.8 Å². The van der Waals surface area contributed by atoms with E-state index in [1.165, 1.54) is 0 Å². The molecule has 4 amide bonds. The van der Waals surface area contributed by atoms with Crippen molar-refractivity contribution in [3.8, 4) is 0 Å². The van der Waals surface area contributed by atoms with Crippen LogP contribution in [0.4, 0.5) is 0 Å². The van der Waals surface area contributed by atoms with Crippen LogP contribution in [0.5, 0.6) is 0 Å². The number of nitrogens with one attached hydrogen (secondary N) is 5. The van der Waals surface area contributed by atoms with Crippen LogP contribution in [0.1, 0.15) is 65.0 Å². The molecule has 0 bridgehead atoms. The second kappa shape index (κ2) is 19.6. The van der Waals surface area contributed by atoms with Gasteiger partial charge in [-0.15, -0.1) is 0 Å². The number of benzene rings is 2. The zero-order valence-electron chi connectivity index (χ0n) is 31.4. The summed E-state index contributed by atoms with van der Waals surface area (Å²) in [5.41, 5.74) is 0.923. The standard InChI is InChI=1S/C40H57N5O7/c1-27(2)22-32(36(47)40(5)26-52-40)42-39(50)34(24-30-14-10-7-11-15-30)44-38(49)33(23-28(3)4)43-37(48)31(17-16-29-12-8-6-9-13-29)41-35(46)25-45-18-20-51-21-19-45/h6-15,27-28,31-34H,16-26H2,1-5H3,(H,41,46)(H,42,50)(H,43,48)(H,44,49)/p+1/t31-,32-,33-,34?,40+/m0/s1. The first-order chi connectivity index (χ1) is 24.8. The topological polar surface area (TPSA) is 160 Å². The Hall–Kier alpha value is -4.13. The number of rotatable bonds is 20. The SMILES string of the molecule is CC(C)C[C@H](NC(=O)[C@H](CCc1ccccc1)NC(=O)C[NH+]1CCOCC1)C(=O)NC(Cc1ccccc1)C(=O)N[C@@H](CC(C)C)C(=O)[C@@]1(C)CO1. The Bertz CT molecular complexity index is 1480. The minimum atomic E-state index is -1.03. The number of amides is 4. The van der Waals surface area contributed by atoms with Crippen LogP contribution in [0.15, 0.2) is 60.7 Å². The molecule has 12 heteroatoms. The lowest BCUT2D eigenvalue weighted by molar-refractivity contribution is -0.900. The molecule has 5 atom stereocenters. The number of carbonyl (C=O) groups is 5. The second-order valence-electron chi connectivity index (χ2n) is 15.2. The summed E-state index contributed by atoms with van der Waals surface area (Å²) in [7, 11) is 0. The number of morpholine rings is 1. The smallest absolute Gasteiger partial charge is 0.275 e. The lowest BCUT2D eigenvalue weighted by atomic mass is 9.93. The predicted octanol–water partition coefficient (Wildman–Crippen LogP) is 1.17. The number of hydrogen-bond donors (Lipinski definition) is 5. The number of carbonyl (C=O) groups excluding carboxylic acids is 5. The Kier molecular flexibility index (Phi) is 15.3. The minimum absolute atomic E-state index is 0.0204. The molecule has 284 valence electrons. The lowest BCUT2D eigenvalue weighted by Crippen LogP contribution is -3.15. The summed E-state index contributed by atoms with van der Waals surface area (Å²) in [5.74, 6) is -1.77. The first-order valence-electron chi connectivity index (χ1n) is 18.7. The lowest BCUT2D eigenvalue weighted by Gasteiger charge is -2.28. The summed E-state index contributed by atoms with van der Waals surface area (Å²) in [4.78, 5) is 69.6. The van der Waals surface area contributed by atoms with Crippen molar-refractivity contribution >= 4 is 29.4 Å². The molecule has 0 aliphatic carbocycles. The molecular weight excluding hydrogens is 662 g/mol. The van der Waals surface area contributed by atoms with Crippen LogP contribution in [0.25, 0.3) is 0 Å². The largest absolute Gasteiger partial charge is 0.370 e. The van der Waals surface area contributed by atoms with Gasteiger partial charge in [-0.05, 0) is 55.6 Å². The van der Waals surface area contributed by atoms with E-state index in [4.69, 9.17) is 9.47 Å². The van der Waals surface area contributed by atoms with Crippen molar-refractivity contribution in [2.45, 2.75) is 96.5 Å². The molecule has 2 fully saturated rings. The van der Waals surface area contributed by atoms with Gasteiger partial charge in [0.1, 0.15) is 36.8 Å². The van der Waals surface area contributed by atoms with Crippen molar-refractivity contribution in [2.75, 3.05) is 39.5 Å². The van der Waals surface area contributed by atoms with E-state index < -0.39 is 47.5 Å². The molecule has 0 saturated carbocycles. The van der Waals surface area contributed by atoms with E-state index in [0.717, 1.165) is 16.0 Å². The molecule has 52 heavy (non-hydrogen) atoms. The van der Waals surface area contributed by atoms with Gasteiger partial charge in [0.2, 0.25) is 17.7 Å². The number of Topliss-reactive ketones (excluding diaryl/α,β-unsaturated/α-hetero) is 1. The fourth-order valence-corrected chi connectivity index (χ4v) is 6.43. The Balaban J connectivity index is 1.51. The average molecular weight is 721 g/mol. The van der Waals surface area contributed by atoms with Crippen molar-refractivity contribution in [1.29, 1.82) is 0 Å². The quantitative estimate of drug-likeness (QED) is 0.129. The van der Waals surface area contributed by atoms with E-state index in [1.54, 1.807) is 6.92 Å². The Morgan fingerprint density at radius 1 is 0.692 bits per heavy atom. The van der Waals surface area contributed by atoms with Gasteiger partial charge in [0.15, 0.2) is 12.3 Å². The molecule has 0 spiro atoms. The van der Waals surface area contributed by atoms with E-state index >= 15 is 0 Å². The molecule has 2 saturated heterocycles. The van der Waals surface area contributed by atoms with Crippen molar-refractivity contribution in [2.24, 2.45) is 11.8 Å². The molecule has 12 nitrogen and oxygen atoms in total. The highest BCUT2D eigenvalue weighted by molar-refractivity contribution is 5.98. The Labute approximate surface area is 308 Å².